The minimum Gasteiger partial charge on any atom is -0.481 e. The molecule has 1 N–H and O–H groups in total. The minimum absolute atomic E-state index is 0.358. The van der Waals surface area contributed by atoms with Gasteiger partial charge in [-0.15, -0.1) is 0 Å². The number of benzene rings is 2. The molecule has 0 amide bonds. The van der Waals surface area contributed by atoms with Crippen LogP contribution in [0.1, 0.15) is 57.6 Å². The van der Waals surface area contributed by atoms with Gasteiger partial charge in [-0.1, -0.05) is 43.5 Å². The lowest BCUT2D eigenvalue weighted by Crippen LogP contribution is -2.37. The molecule has 1 fully saturated rings. The lowest BCUT2D eigenvalue weighted by molar-refractivity contribution is -0.145. The fourth-order valence-corrected chi connectivity index (χ4v) is 4.64. The van der Waals surface area contributed by atoms with Gasteiger partial charge in [0.15, 0.2) is 0 Å². The summed E-state index contributed by atoms with van der Waals surface area (Å²) in [6.45, 7) is 4.39. The predicted octanol–water partition coefficient (Wildman–Crippen LogP) is 5.66. The lowest BCUT2D eigenvalue weighted by Gasteiger charge is -2.33. The summed E-state index contributed by atoms with van der Waals surface area (Å²) in [5.41, 5.74) is 2.67. The van der Waals surface area contributed by atoms with E-state index in [1.54, 1.807) is 0 Å². The third kappa shape index (κ3) is 2.37. The van der Waals surface area contributed by atoms with Crippen LogP contribution in [0.4, 0.5) is 0 Å². The fraction of sp³-hybridized carbons (Fsp3) is 0.409. The first-order valence-electron chi connectivity index (χ1n) is 9.31. The van der Waals surface area contributed by atoms with Crippen LogP contribution in [-0.2, 0) is 10.2 Å². The second-order valence-corrected chi connectivity index (χ2v) is 7.66. The van der Waals surface area contributed by atoms with Crippen LogP contribution in [0.3, 0.4) is 0 Å². The van der Waals surface area contributed by atoms with Crippen molar-refractivity contribution in [1.29, 1.82) is 0 Å². The molecule has 3 heteroatoms. The van der Waals surface area contributed by atoms with E-state index in [-0.39, 0.29) is 0 Å². The molecule has 3 nitrogen and oxygen atoms in total. The summed E-state index contributed by atoms with van der Waals surface area (Å²) < 4.78 is 2.35. The number of carboxylic acid groups (broad SMARTS) is 1. The Morgan fingerprint density at radius 1 is 1.00 bits per heavy atom. The number of carboxylic acids is 1. The zero-order chi connectivity index (χ0) is 17.6. The topological polar surface area (TPSA) is 42.2 Å². The first-order valence-corrected chi connectivity index (χ1v) is 9.31. The summed E-state index contributed by atoms with van der Waals surface area (Å²) in [4.78, 5) is 12.2. The molecule has 1 aliphatic carbocycles. The molecule has 130 valence electrons. The van der Waals surface area contributed by atoms with Gasteiger partial charge in [0.2, 0.25) is 0 Å². The molecule has 25 heavy (non-hydrogen) atoms. The van der Waals surface area contributed by atoms with Gasteiger partial charge < -0.3 is 9.67 Å². The van der Waals surface area contributed by atoms with Gasteiger partial charge in [0.25, 0.3) is 0 Å². The maximum Gasteiger partial charge on any atom is 0.314 e. The summed E-state index contributed by atoms with van der Waals surface area (Å²) in [5, 5.41) is 12.4. The van der Waals surface area contributed by atoms with Gasteiger partial charge in [-0.05, 0) is 50.5 Å². The van der Waals surface area contributed by atoms with E-state index in [2.05, 4.69) is 60.9 Å². The molecule has 4 rings (SSSR count). The Bertz CT molecular complexity index is 945. The molecule has 0 bridgehead atoms. The van der Waals surface area contributed by atoms with Crippen molar-refractivity contribution >= 4 is 27.8 Å². The monoisotopic (exact) mass is 335 g/mol. The van der Waals surface area contributed by atoms with E-state index >= 15 is 0 Å². The third-order valence-corrected chi connectivity index (χ3v) is 5.90. The number of aliphatic carboxylic acids is 1. The number of carbonyl (C=O) groups is 1. The average Bonchev–Trinajstić information content (AvgIpc) is 2.96. The molecule has 0 radical (unpaired) electrons. The molecule has 0 aliphatic heterocycles. The maximum atomic E-state index is 12.2. The predicted molar refractivity (Wildman–Crippen MR) is 102 cm³/mol. The molecular weight excluding hydrogens is 310 g/mol. The number of hydrogen-bond acceptors (Lipinski definition) is 1. The highest BCUT2D eigenvalue weighted by atomic mass is 16.4. The van der Waals surface area contributed by atoms with E-state index < -0.39 is 11.4 Å². The van der Waals surface area contributed by atoms with Crippen molar-refractivity contribution in [3.63, 3.8) is 0 Å². The number of fused-ring (bicyclic) bond motifs is 3. The quantitative estimate of drug-likeness (QED) is 0.671. The Kier molecular flexibility index (Phi) is 3.82. The van der Waals surface area contributed by atoms with E-state index in [0.717, 1.165) is 37.7 Å². The normalized spacial score (nSPS) is 17.4. The van der Waals surface area contributed by atoms with Gasteiger partial charge >= 0.3 is 5.97 Å². The van der Waals surface area contributed by atoms with Gasteiger partial charge in [-0.3, -0.25) is 4.79 Å². The molecule has 0 atom stereocenters. The highest BCUT2D eigenvalue weighted by molar-refractivity contribution is 6.08. The van der Waals surface area contributed by atoms with Crippen molar-refractivity contribution in [3.8, 4) is 0 Å². The van der Waals surface area contributed by atoms with Gasteiger partial charge in [0.1, 0.15) is 0 Å². The van der Waals surface area contributed by atoms with E-state index in [4.69, 9.17) is 0 Å². The van der Waals surface area contributed by atoms with Crippen LogP contribution in [0.2, 0.25) is 0 Å². The van der Waals surface area contributed by atoms with Gasteiger partial charge in [-0.2, -0.15) is 0 Å². The van der Waals surface area contributed by atoms with Gasteiger partial charge in [-0.25, -0.2) is 0 Å². The summed E-state index contributed by atoms with van der Waals surface area (Å²) >= 11 is 0. The Hall–Kier alpha value is -2.29. The number of rotatable bonds is 3. The fourth-order valence-electron chi connectivity index (χ4n) is 4.64. The van der Waals surface area contributed by atoms with E-state index in [9.17, 15) is 9.90 Å². The van der Waals surface area contributed by atoms with Crippen molar-refractivity contribution in [2.45, 2.75) is 57.4 Å². The van der Waals surface area contributed by atoms with E-state index in [1.165, 1.54) is 21.8 Å². The molecule has 2 aromatic carbocycles. The second kappa shape index (κ2) is 5.91. The maximum absolute atomic E-state index is 12.2. The van der Waals surface area contributed by atoms with Crippen LogP contribution < -0.4 is 0 Å². The summed E-state index contributed by atoms with van der Waals surface area (Å²) in [6, 6.07) is 15.1. The van der Waals surface area contributed by atoms with Crippen molar-refractivity contribution in [3.05, 3.63) is 48.0 Å². The number of nitrogens with zero attached hydrogens (tertiary/aromatic N) is 1. The molecule has 0 spiro atoms. The van der Waals surface area contributed by atoms with Crippen molar-refractivity contribution in [2.24, 2.45) is 0 Å². The minimum atomic E-state index is -0.715. The van der Waals surface area contributed by atoms with Crippen LogP contribution in [0, 0.1) is 0 Å². The summed E-state index contributed by atoms with van der Waals surface area (Å²) in [7, 11) is 0. The van der Waals surface area contributed by atoms with Gasteiger partial charge in [0.05, 0.1) is 5.41 Å². The average molecular weight is 335 g/mol. The first kappa shape index (κ1) is 16.2. The Balaban J connectivity index is 2.00. The van der Waals surface area contributed by atoms with E-state index in [1.807, 2.05) is 0 Å². The SMILES string of the molecule is CC(C)n1c2ccccc2c2cc(C3(C(=O)O)CCCCC3)ccc21. The lowest BCUT2D eigenvalue weighted by atomic mass is 9.69. The van der Waals surface area contributed by atoms with Crippen LogP contribution in [0.15, 0.2) is 42.5 Å². The number of hydrogen-bond donors (Lipinski definition) is 1. The number of aromatic nitrogens is 1. The molecule has 3 aromatic rings. The molecular formula is C22H25NO2. The Morgan fingerprint density at radius 3 is 2.36 bits per heavy atom. The zero-order valence-electron chi connectivity index (χ0n) is 15.0. The summed E-state index contributed by atoms with van der Waals surface area (Å²) in [6.07, 6.45) is 4.63. The Labute approximate surface area is 148 Å². The third-order valence-electron chi connectivity index (χ3n) is 5.90. The highest BCUT2D eigenvalue weighted by Gasteiger charge is 2.41. The molecule has 0 unspecified atom stereocenters. The smallest absolute Gasteiger partial charge is 0.314 e. The van der Waals surface area contributed by atoms with Crippen LogP contribution >= 0.6 is 0 Å². The van der Waals surface area contributed by atoms with E-state index in [0.29, 0.717) is 6.04 Å². The highest BCUT2D eigenvalue weighted by Crippen LogP contribution is 2.42. The molecule has 1 saturated carbocycles. The molecule has 1 aliphatic rings. The van der Waals surface area contributed by atoms with Crippen molar-refractivity contribution in [1.82, 2.24) is 4.57 Å². The van der Waals surface area contributed by atoms with Crippen LogP contribution in [0.25, 0.3) is 21.8 Å². The molecule has 1 aromatic heterocycles. The van der Waals surface area contributed by atoms with Crippen LogP contribution in [-0.4, -0.2) is 15.6 Å². The van der Waals surface area contributed by atoms with Crippen molar-refractivity contribution in [2.75, 3.05) is 0 Å². The number of para-hydroxylation sites is 1. The standard InChI is InChI=1S/C22H25NO2/c1-15(2)23-19-9-5-4-8-17(19)18-14-16(10-11-20(18)23)22(21(24)25)12-6-3-7-13-22/h4-5,8-11,14-15H,3,6-7,12-13H2,1-2H3,(H,24,25). The largest absolute Gasteiger partial charge is 0.481 e. The first-order chi connectivity index (χ1) is 12.0. The molecule has 1 heterocycles. The van der Waals surface area contributed by atoms with Crippen LogP contribution in [0.5, 0.6) is 0 Å². The second-order valence-electron chi connectivity index (χ2n) is 7.66. The van der Waals surface area contributed by atoms with Crippen molar-refractivity contribution < 1.29 is 9.90 Å². The van der Waals surface area contributed by atoms with Gasteiger partial charge in [0, 0.05) is 27.8 Å². The Morgan fingerprint density at radius 2 is 1.68 bits per heavy atom. The molecule has 0 saturated heterocycles. The zero-order valence-corrected chi connectivity index (χ0v) is 15.0. The summed E-state index contributed by atoms with van der Waals surface area (Å²) in [5.74, 6) is -0.667.